The standard InChI is InChI=1S/C33H51ClN4O3Si/c1-22(2)38-31-28(20-35-38)30(36-25-11-13-39-14-12-25)18-29(37-31)23-15-24(34)17-26(16-23)40-21-27(19-32(3,4)5)41-42(9,10)33(6,7)8/h15-18,20,22,25,27H,11-14,19,21H2,1-10H3,(H,36,37). The van der Waals surface area contributed by atoms with Gasteiger partial charge in [0, 0.05) is 41.6 Å². The van der Waals surface area contributed by atoms with E-state index in [1.165, 1.54) is 0 Å². The number of rotatable bonds is 10. The van der Waals surface area contributed by atoms with E-state index in [0.717, 1.165) is 60.5 Å². The molecule has 1 saturated heterocycles. The molecule has 0 aliphatic carbocycles. The summed E-state index contributed by atoms with van der Waals surface area (Å²) in [6, 6.07) is 8.51. The van der Waals surface area contributed by atoms with Crippen LogP contribution in [0.25, 0.3) is 22.3 Å². The van der Waals surface area contributed by atoms with Crippen LogP contribution in [0.5, 0.6) is 5.75 Å². The number of fused-ring (bicyclic) bond motifs is 1. The number of hydrogen-bond donors (Lipinski definition) is 1. The molecule has 2 aromatic heterocycles. The zero-order valence-corrected chi connectivity index (χ0v) is 29.1. The summed E-state index contributed by atoms with van der Waals surface area (Å²) in [7, 11) is -1.98. The fraction of sp³-hybridized carbons (Fsp3) is 0.636. The highest BCUT2D eigenvalue weighted by molar-refractivity contribution is 6.74. The number of pyridine rings is 1. The van der Waals surface area contributed by atoms with Gasteiger partial charge in [0.25, 0.3) is 0 Å². The summed E-state index contributed by atoms with van der Waals surface area (Å²) in [5.74, 6) is 0.716. The van der Waals surface area contributed by atoms with E-state index in [1.54, 1.807) is 0 Å². The number of benzene rings is 1. The van der Waals surface area contributed by atoms with Gasteiger partial charge in [-0.1, -0.05) is 53.1 Å². The van der Waals surface area contributed by atoms with Crippen LogP contribution in [0.1, 0.15) is 80.7 Å². The van der Waals surface area contributed by atoms with Crippen molar-refractivity contribution in [2.75, 3.05) is 25.1 Å². The molecule has 3 aromatic rings. The van der Waals surface area contributed by atoms with Crippen molar-refractivity contribution < 1.29 is 13.9 Å². The number of anilines is 1. The van der Waals surface area contributed by atoms with E-state index in [-0.39, 0.29) is 22.6 Å². The summed E-state index contributed by atoms with van der Waals surface area (Å²) in [6.45, 7) is 24.4. The van der Waals surface area contributed by atoms with E-state index in [2.05, 4.69) is 85.0 Å². The monoisotopic (exact) mass is 614 g/mol. The first-order valence-corrected chi connectivity index (χ1v) is 18.7. The van der Waals surface area contributed by atoms with Crippen molar-refractivity contribution >= 4 is 36.6 Å². The van der Waals surface area contributed by atoms with Crippen molar-refractivity contribution in [1.29, 1.82) is 0 Å². The lowest BCUT2D eigenvalue weighted by Gasteiger charge is -2.40. The Morgan fingerprint density at radius 1 is 1.07 bits per heavy atom. The second kappa shape index (κ2) is 12.8. The minimum atomic E-state index is -1.98. The van der Waals surface area contributed by atoms with Gasteiger partial charge in [0.1, 0.15) is 12.4 Å². The van der Waals surface area contributed by atoms with Crippen LogP contribution >= 0.6 is 11.6 Å². The van der Waals surface area contributed by atoms with Gasteiger partial charge in [-0.2, -0.15) is 5.10 Å². The van der Waals surface area contributed by atoms with E-state index in [9.17, 15) is 0 Å². The molecule has 0 spiro atoms. The molecule has 1 atom stereocenters. The molecule has 4 rings (SSSR count). The number of hydrogen-bond acceptors (Lipinski definition) is 6. The van der Waals surface area contributed by atoms with Gasteiger partial charge in [0.15, 0.2) is 14.0 Å². The van der Waals surface area contributed by atoms with Crippen LogP contribution in [-0.2, 0) is 9.16 Å². The van der Waals surface area contributed by atoms with Crippen molar-refractivity contribution in [3.63, 3.8) is 0 Å². The van der Waals surface area contributed by atoms with Crippen molar-refractivity contribution in [3.05, 3.63) is 35.5 Å². The highest BCUT2D eigenvalue weighted by atomic mass is 35.5. The topological polar surface area (TPSA) is 70.4 Å². The van der Waals surface area contributed by atoms with Gasteiger partial charge in [-0.05, 0) is 80.9 Å². The Bertz CT molecular complexity index is 1350. The summed E-state index contributed by atoms with van der Waals surface area (Å²) in [4.78, 5) is 5.08. The van der Waals surface area contributed by atoms with E-state index >= 15 is 0 Å². The van der Waals surface area contributed by atoms with Gasteiger partial charge in [-0.3, -0.25) is 0 Å². The molecule has 0 bridgehead atoms. The van der Waals surface area contributed by atoms with E-state index in [4.69, 9.17) is 30.5 Å². The molecular weight excluding hydrogens is 564 g/mol. The van der Waals surface area contributed by atoms with E-state index < -0.39 is 8.32 Å². The molecule has 1 aromatic carbocycles. The highest BCUT2D eigenvalue weighted by Crippen LogP contribution is 2.39. The first-order chi connectivity index (χ1) is 19.5. The van der Waals surface area contributed by atoms with Gasteiger partial charge in [0.2, 0.25) is 0 Å². The molecule has 7 nitrogen and oxygen atoms in total. The summed E-state index contributed by atoms with van der Waals surface area (Å²) >= 11 is 6.68. The number of nitrogens with zero attached hydrogens (tertiary/aromatic N) is 3. The maximum Gasteiger partial charge on any atom is 0.192 e. The molecule has 1 aliphatic heterocycles. The number of halogens is 1. The summed E-state index contributed by atoms with van der Waals surface area (Å²) in [5, 5.41) is 10.2. The van der Waals surface area contributed by atoms with Crippen molar-refractivity contribution in [2.24, 2.45) is 5.41 Å². The molecular formula is C33H51ClN4O3Si. The third kappa shape index (κ3) is 8.27. The second-order valence-electron chi connectivity index (χ2n) is 14.8. The van der Waals surface area contributed by atoms with Crippen LogP contribution in [0.15, 0.2) is 30.5 Å². The van der Waals surface area contributed by atoms with Crippen molar-refractivity contribution in [1.82, 2.24) is 14.8 Å². The lowest BCUT2D eigenvalue weighted by Crippen LogP contribution is -2.46. The van der Waals surface area contributed by atoms with Gasteiger partial charge in [0.05, 0.1) is 23.4 Å². The first-order valence-electron chi connectivity index (χ1n) is 15.4. The Balaban J connectivity index is 1.65. The fourth-order valence-corrected chi connectivity index (χ4v) is 6.68. The van der Waals surface area contributed by atoms with E-state index in [1.807, 2.05) is 29.1 Å². The van der Waals surface area contributed by atoms with E-state index in [0.29, 0.717) is 23.4 Å². The largest absolute Gasteiger partial charge is 0.491 e. The van der Waals surface area contributed by atoms with Gasteiger partial charge in [-0.15, -0.1) is 0 Å². The Morgan fingerprint density at radius 2 is 1.76 bits per heavy atom. The fourth-order valence-electron chi connectivity index (χ4n) is 5.12. The predicted octanol–water partition coefficient (Wildman–Crippen LogP) is 9.13. The quantitative estimate of drug-likeness (QED) is 0.230. The molecule has 1 unspecified atom stereocenters. The lowest BCUT2D eigenvalue weighted by molar-refractivity contribution is 0.0789. The molecule has 3 heterocycles. The maximum absolute atomic E-state index is 6.85. The highest BCUT2D eigenvalue weighted by Gasteiger charge is 2.40. The summed E-state index contributed by atoms with van der Waals surface area (Å²) in [6.07, 6.45) is 4.75. The smallest absolute Gasteiger partial charge is 0.192 e. The van der Waals surface area contributed by atoms with Crippen LogP contribution < -0.4 is 10.1 Å². The minimum Gasteiger partial charge on any atom is -0.491 e. The number of nitrogens with one attached hydrogen (secondary N) is 1. The minimum absolute atomic E-state index is 0.0153. The molecule has 0 saturated carbocycles. The van der Waals surface area contributed by atoms with Gasteiger partial charge in [-0.25, -0.2) is 9.67 Å². The summed E-state index contributed by atoms with van der Waals surface area (Å²) in [5.41, 5.74) is 3.73. The normalized spacial score (nSPS) is 16.3. The Hall–Kier alpha value is -2.13. The van der Waals surface area contributed by atoms with Crippen LogP contribution in [0.3, 0.4) is 0 Å². The molecule has 1 fully saturated rings. The number of aromatic nitrogens is 3. The van der Waals surface area contributed by atoms with Crippen LogP contribution in [0.4, 0.5) is 5.69 Å². The zero-order valence-electron chi connectivity index (χ0n) is 27.3. The first kappa shape index (κ1) is 32.8. The maximum atomic E-state index is 6.85. The third-order valence-electron chi connectivity index (χ3n) is 8.35. The molecule has 1 aliphatic rings. The van der Waals surface area contributed by atoms with Crippen molar-refractivity contribution in [3.8, 4) is 17.0 Å². The molecule has 42 heavy (non-hydrogen) atoms. The molecule has 9 heteroatoms. The SMILES string of the molecule is CC(C)n1ncc2c(NC3CCOCC3)cc(-c3cc(Cl)cc(OCC(CC(C)(C)C)O[Si](C)(C)C(C)(C)C)c3)nc21. The van der Waals surface area contributed by atoms with Crippen LogP contribution in [0.2, 0.25) is 23.2 Å². The Labute approximate surface area is 258 Å². The molecule has 0 radical (unpaired) electrons. The Morgan fingerprint density at radius 3 is 2.38 bits per heavy atom. The average Bonchev–Trinajstić information content (AvgIpc) is 3.31. The van der Waals surface area contributed by atoms with Crippen LogP contribution in [-0.4, -0.2) is 55.0 Å². The zero-order chi connectivity index (χ0) is 30.9. The van der Waals surface area contributed by atoms with Crippen molar-refractivity contribution in [2.45, 2.75) is 111 Å². The second-order valence-corrected chi connectivity index (χ2v) is 20.0. The Kier molecular flexibility index (Phi) is 10.0. The summed E-state index contributed by atoms with van der Waals surface area (Å²) < 4.78 is 20.9. The molecule has 1 N–H and O–H groups in total. The van der Waals surface area contributed by atoms with Crippen LogP contribution in [0, 0.1) is 5.41 Å². The third-order valence-corrected chi connectivity index (χ3v) is 13.1. The average molecular weight is 615 g/mol. The number of ether oxygens (including phenoxy) is 2. The lowest BCUT2D eigenvalue weighted by atomic mass is 9.89. The predicted molar refractivity (Wildman–Crippen MR) is 177 cm³/mol. The molecule has 232 valence electrons. The molecule has 0 amide bonds. The van der Waals surface area contributed by atoms with Gasteiger partial charge >= 0.3 is 0 Å². The van der Waals surface area contributed by atoms with Gasteiger partial charge < -0.3 is 19.2 Å².